The van der Waals surface area contributed by atoms with Crippen LogP contribution >= 0.6 is 0 Å². The molecule has 0 atom stereocenters. The molecule has 3 rings (SSSR count). The van der Waals surface area contributed by atoms with E-state index in [0.29, 0.717) is 5.75 Å². The third-order valence-electron chi connectivity index (χ3n) is 6.11. The molecular weight excluding hydrogens is 300 g/mol. The Morgan fingerprint density at radius 1 is 0.833 bits per heavy atom. The van der Waals surface area contributed by atoms with Gasteiger partial charge in [-0.3, -0.25) is 4.79 Å². The molecule has 1 aromatic carbocycles. The molecule has 3 nitrogen and oxygen atoms in total. The third kappa shape index (κ3) is 4.31. The maximum absolute atomic E-state index is 12.4. The third-order valence-corrected chi connectivity index (χ3v) is 6.11. The van der Waals surface area contributed by atoms with Crippen LogP contribution in [0.5, 0.6) is 11.5 Å². The second kappa shape index (κ2) is 8.04. The van der Waals surface area contributed by atoms with Gasteiger partial charge in [0.15, 0.2) is 0 Å². The van der Waals surface area contributed by atoms with Crippen molar-refractivity contribution in [1.29, 1.82) is 0 Å². The summed E-state index contributed by atoms with van der Waals surface area (Å²) in [6, 6.07) is 7.24. The summed E-state index contributed by atoms with van der Waals surface area (Å²) in [7, 11) is 1.63. The van der Waals surface area contributed by atoms with Crippen molar-refractivity contribution in [3.63, 3.8) is 0 Å². The van der Waals surface area contributed by atoms with Gasteiger partial charge in [0.05, 0.1) is 13.0 Å². The molecule has 2 aliphatic carbocycles. The van der Waals surface area contributed by atoms with E-state index >= 15 is 0 Å². The first kappa shape index (κ1) is 17.3. The van der Waals surface area contributed by atoms with Gasteiger partial charge in [-0.05, 0) is 80.5 Å². The lowest BCUT2D eigenvalue weighted by molar-refractivity contribution is -0.140. The molecular formula is C21H30O3. The number of carbonyl (C=O) groups is 1. The van der Waals surface area contributed by atoms with Gasteiger partial charge in [0.2, 0.25) is 0 Å². The number of hydrogen-bond donors (Lipinski definition) is 0. The van der Waals surface area contributed by atoms with Crippen LogP contribution in [0.25, 0.3) is 0 Å². The number of methoxy groups -OCH3 is 1. The maximum atomic E-state index is 12.4. The Morgan fingerprint density at radius 2 is 1.33 bits per heavy atom. The van der Waals surface area contributed by atoms with Gasteiger partial charge in [-0.25, -0.2) is 0 Å². The van der Waals surface area contributed by atoms with Crippen molar-refractivity contribution in [2.45, 2.75) is 58.3 Å². The molecule has 0 unspecified atom stereocenters. The summed E-state index contributed by atoms with van der Waals surface area (Å²) in [6.07, 6.45) is 9.95. The highest BCUT2D eigenvalue weighted by atomic mass is 16.5. The van der Waals surface area contributed by atoms with Gasteiger partial charge in [0, 0.05) is 0 Å². The van der Waals surface area contributed by atoms with Gasteiger partial charge in [-0.2, -0.15) is 0 Å². The topological polar surface area (TPSA) is 35.5 Å². The zero-order valence-corrected chi connectivity index (χ0v) is 15.0. The van der Waals surface area contributed by atoms with E-state index in [1.807, 2.05) is 12.1 Å². The molecule has 0 bridgehead atoms. The number of carbonyl (C=O) groups excluding carboxylic acids is 1. The van der Waals surface area contributed by atoms with Crippen LogP contribution < -0.4 is 9.47 Å². The minimum Gasteiger partial charge on any atom is -0.497 e. The van der Waals surface area contributed by atoms with Crippen molar-refractivity contribution in [2.75, 3.05) is 7.11 Å². The van der Waals surface area contributed by atoms with Gasteiger partial charge in [-0.15, -0.1) is 0 Å². The molecule has 1 aromatic rings. The number of rotatable bonds is 4. The fourth-order valence-corrected chi connectivity index (χ4v) is 4.43. The number of ether oxygens (including phenoxy) is 2. The second-order valence-corrected chi connectivity index (χ2v) is 7.73. The van der Waals surface area contributed by atoms with Crippen LogP contribution in [0.3, 0.4) is 0 Å². The summed E-state index contributed by atoms with van der Waals surface area (Å²) in [4.78, 5) is 12.4. The molecule has 0 saturated heterocycles. The van der Waals surface area contributed by atoms with E-state index in [9.17, 15) is 4.79 Å². The van der Waals surface area contributed by atoms with E-state index in [-0.39, 0.29) is 11.9 Å². The predicted octanol–water partition coefficient (Wildman–Crippen LogP) is 5.23. The first-order chi connectivity index (χ1) is 11.7. The van der Waals surface area contributed by atoms with Crippen LogP contribution in [0.15, 0.2) is 24.3 Å². The first-order valence-electron chi connectivity index (χ1n) is 9.51. The lowest BCUT2D eigenvalue weighted by Crippen LogP contribution is -2.29. The standard InChI is InChI=1S/C21H30O3/c1-15-3-5-16(6-4-15)17-7-9-18(10-8-17)21(22)24-20-13-11-19(23-2)12-14-20/h11-18H,3-10H2,1-2H3. The Bertz CT molecular complexity index is 521. The van der Waals surface area contributed by atoms with Crippen molar-refractivity contribution in [3.8, 4) is 11.5 Å². The average molecular weight is 330 g/mol. The number of esters is 1. The van der Waals surface area contributed by atoms with E-state index in [4.69, 9.17) is 9.47 Å². The SMILES string of the molecule is COc1ccc(OC(=O)C2CCC(C3CCC(C)CC3)CC2)cc1. The van der Waals surface area contributed by atoms with Gasteiger partial charge in [0.1, 0.15) is 11.5 Å². The van der Waals surface area contributed by atoms with E-state index in [2.05, 4.69) is 6.92 Å². The van der Waals surface area contributed by atoms with Crippen molar-refractivity contribution in [1.82, 2.24) is 0 Å². The zero-order chi connectivity index (χ0) is 16.9. The van der Waals surface area contributed by atoms with Gasteiger partial charge in [0.25, 0.3) is 0 Å². The molecule has 0 amide bonds. The molecule has 24 heavy (non-hydrogen) atoms. The quantitative estimate of drug-likeness (QED) is 0.560. The molecule has 2 aliphatic rings. The van der Waals surface area contributed by atoms with Crippen molar-refractivity contribution in [2.24, 2.45) is 23.7 Å². The molecule has 3 heteroatoms. The highest BCUT2D eigenvalue weighted by Gasteiger charge is 2.33. The van der Waals surface area contributed by atoms with Crippen LogP contribution in [0, 0.1) is 23.7 Å². The molecule has 0 heterocycles. The Labute approximate surface area is 145 Å². The second-order valence-electron chi connectivity index (χ2n) is 7.73. The van der Waals surface area contributed by atoms with E-state index < -0.39 is 0 Å². The Kier molecular flexibility index (Phi) is 5.80. The van der Waals surface area contributed by atoms with Crippen molar-refractivity contribution < 1.29 is 14.3 Å². The summed E-state index contributed by atoms with van der Waals surface area (Å²) in [6.45, 7) is 2.38. The summed E-state index contributed by atoms with van der Waals surface area (Å²) >= 11 is 0. The summed E-state index contributed by atoms with van der Waals surface area (Å²) < 4.78 is 10.7. The Morgan fingerprint density at radius 3 is 1.88 bits per heavy atom. The molecule has 0 aromatic heterocycles. The monoisotopic (exact) mass is 330 g/mol. The van der Waals surface area contributed by atoms with Crippen LogP contribution in [0.1, 0.15) is 58.3 Å². The normalized spacial score (nSPS) is 30.6. The van der Waals surface area contributed by atoms with Crippen LogP contribution in [0.4, 0.5) is 0 Å². The van der Waals surface area contributed by atoms with Crippen LogP contribution in [-0.2, 0) is 4.79 Å². The lowest BCUT2D eigenvalue weighted by atomic mass is 9.69. The van der Waals surface area contributed by atoms with E-state index in [0.717, 1.165) is 36.3 Å². The average Bonchev–Trinajstić information content (AvgIpc) is 2.63. The maximum Gasteiger partial charge on any atom is 0.314 e. The molecule has 2 saturated carbocycles. The van der Waals surface area contributed by atoms with Gasteiger partial charge >= 0.3 is 5.97 Å². The van der Waals surface area contributed by atoms with E-state index in [1.54, 1.807) is 19.2 Å². The number of benzene rings is 1. The smallest absolute Gasteiger partial charge is 0.314 e. The Hall–Kier alpha value is -1.51. The van der Waals surface area contributed by atoms with Crippen LogP contribution in [0.2, 0.25) is 0 Å². The highest BCUT2D eigenvalue weighted by Crippen LogP contribution is 2.41. The summed E-state index contributed by atoms with van der Waals surface area (Å²) in [5.41, 5.74) is 0. The molecule has 0 aliphatic heterocycles. The summed E-state index contributed by atoms with van der Waals surface area (Å²) in [5, 5.41) is 0. The molecule has 0 radical (unpaired) electrons. The molecule has 132 valence electrons. The van der Waals surface area contributed by atoms with Gasteiger partial charge in [-0.1, -0.05) is 19.8 Å². The molecule has 2 fully saturated rings. The highest BCUT2D eigenvalue weighted by molar-refractivity contribution is 5.75. The molecule has 0 N–H and O–H groups in total. The summed E-state index contributed by atoms with van der Waals surface area (Å²) in [5.74, 6) is 4.06. The Balaban J connectivity index is 1.46. The van der Waals surface area contributed by atoms with Gasteiger partial charge < -0.3 is 9.47 Å². The first-order valence-corrected chi connectivity index (χ1v) is 9.51. The molecule has 0 spiro atoms. The lowest BCUT2D eigenvalue weighted by Gasteiger charge is -2.36. The van der Waals surface area contributed by atoms with Crippen molar-refractivity contribution >= 4 is 5.97 Å². The fourth-order valence-electron chi connectivity index (χ4n) is 4.43. The minimum absolute atomic E-state index is 0.0594. The number of hydrogen-bond acceptors (Lipinski definition) is 3. The minimum atomic E-state index is -0.0594. The van der Waals surface area contributed by atoms with E-state index in [1.165, 1.54) is 38.5 Å². The van der Waals surface area contributed by atoms with Crippen molar-refractivity contribution in [3.05, 3.63) is 24.3 Å². The van der Waals surface area contributed by atoms with Crippen LogP contribution in [-0.4, -0.2) is 13.1 Å². The largest absolute Gasteiger partial charge is 0.497 e. The fraction of sp³-hybridized carbons (Fsp3) is 0.667. The predicted molar refractivity (Wildman–Crippen MR) is 95.2 cm³/mol. The zero-order valence-electron chi connectivity index (χ0n) is 15.0.